The van der Waals surface area contributed by atoms with E-state index in [0.717, 1.165) is 0 Å². The van der Waals surface area contributed by atoms with Crippen LogP contribution in [0.25, 0.3) is 0 Å². The van der Waals surface area contributed by atoms with Crippen LogP contribution in [-0.2, 0) is 0 Å². The van der Waals surface area contributed by atoms with Crippen molar-refractivity contribution in [3.8, 4) is 23.0 Å². The summed E-state index contributed by atoms with van der Waals surface area (Å²) in [6.07, 6.45) is 1.56. The quantitative estimate of drug-likeness (QED) is 0.858. The van der Waals surface area contributed by atoms with Crippen molar-refractivity contribution < 1.29 is 19.3 Å². The molecule has 0 aromatic heterocycles. The van der Waals surface area contributed by atoms with Crippen molar-refractivity contribution in [1.29, 1.82) is 0 Å². The molecule has 0 spiro atoms. The summed E-state index contributed by atoms with van der Waals surface area (Å²) in [4.78, 5) is 4.33. The maximum absolute atomic E-state index is 9.81. The molecule has 0 fully saturated rings. The molecule has 0 aliphatic carbocycles. The van der Waals surface area contributed by atoms with Crippen LogP contribution in [0.1, 0.15) is 5.56 Å². The molecule has 0 saturated heterocycles. The number of benzene rings is 2. The number of hydrogen-bond acceptors (Lipinski definition) is 5. The highest BCUT2D eigenvalue weighted by molar-refractivity contribution is 5.86. The Kier molecular flexibility index (Phi) is 4.66. The second-order valence-electron chi connectivity index (χ2n) is 4.25. The molecule has 2 rings (SSSR count). The van der Waals surface area contributed by atoms with E-state index >= 15 is 0 Å². The first-order valence-electron chi connectivity index (χ1n) is 6.30. The lowest BCUT2D eigenvalue weighted by Crippen LogP contribution is -1.88. The minimum atomic E-state index is 0.134. The van der Waals surface area contributed by atoms with E-state index in [2.05, 4.69) is 4.99 Å². The van der Waals surface area contributed by atoms with Gasteiger partial charge in [-0.25, -0.2) is 0 Å². The maximum Gasteiger partial charge on any atom is 0.124 e. The van der Waals surface area contributed by atoms with Gasteiger partial charge in [0.1, 0.15) is 23.0 Å². The molecule has 0 saturated carbocycles. The van der Waals surface area contributed by atoms with Gasteiger partial charge in [-0.3, -0.25) is 4.99 Å². The smallest absolute Gasteiger partial charge is 0.124 e. The molecule has 0 aliphatic heterocycles. The normalized spacial score (nSPS) is 10.6. The highest BCUT2D eigenvalue weighted by atomic mass is 16.5. The van der Waals surface area contributed by atoms with Gasteiger partial charge in [0.2, 0.25) is 0 Å². The summed E-state index contributed by atoms with van der Waals surface area (Å²) in [5, 5.41) is 9.81. The first-order chi connectivity index (χ1) is 10.2. The summed E-state index contributed by atoms with van der Waals surface area (Å²) in [6.45, 7) is 0. The van der Waals surface area contributed by atoms with Crippen LogP contribution in [0.15, 0.2) is 41.4 Å². The summed E-state index contributed by atoms with van der Waals surface area (Å²) in [6, 6.07) is 10.3. The van der Waals surface area contributed by atoms with Gasteiger partial charge in [0.25, 0.3) is 0 Å². The fourth-order valence-electron chi connectivity index (χ4n) is 1.77. The van der Waals surface area contributed by atoms with E-state index in [1.807, 2.05) is 0 Å². The van der Waals surface area contributed by atoms with Crippen molar-refractivity contribution >= 4 is 11.9 Å². The fourth-order valence-corrected chi connectivity index (χ4v) is 1.77. The molecule has 0 bridgehead atoms. The van der Waals surface area contributed by atoms with Crippen molar-refractivity contribution in [2.24, 2.45) is 4.99 Å². The van der Waals surface area contributed by atoms with E-state index in [-0.39, 0.29) is 5.75 Å². The summed E-state index contributed by atoms with van der Waals surface area (Å²) >= 11 is 0. The van der Waals surface area contributed by atoms with Crippen molar-refractivity contribution in [2.75, 3.05) is 21.3 Å². The minimum Gasteiger partial charge on any atom is -0.507 e. The summed E-state index contributed by atoms with van der Waals surface area (Å²) < 4.78 is 15.5. The first-order valence-corrected chi connectivity index (χ1v) is 6.30. The molecule has 0 atom stereocenters. The van der Waals surface area contributed by atoms with Gasteiger partial charge in [0.05, 0.1) is 27.0 Å². The largest absolute Gasteiger partial charge is 0.507 e. The third-order valence-electron chi connectivity index (χ3n) is 2.92. The molecule has 0 aliphatic rings. The summed E-state index contributed by atoms with van der Waals surface area (Å²) in [5.41, 5.74) is 1.23. The van der Waals surface area contributed by atoms with Gasteiger partial charge in [-0.15, -0.1) is 0 Å². The molecule has 2 aromatic rings. The van der Waals surface area contributed by atoms with Gasteiger partial charge in [-0.2, -0.15) is 0 Å². The topological polar surface area (TPSA) is 60.3 Å². The molecule has 0 unspecified atom stereocenters. The Morgan fingerprint density at radius 2 is 1.48 bits per heavy atom. The van der Waals surface area contributed by atoms with Crippen molar-refractivity contribution in [2.45, 2.75) is 0 Å². The van der Waals surface area contributed by atoms with Crippen molar-refractivity contribution in [3.05, 3.63) is 42.0 Å². The van der Waals surface area contributed by atoms with Gasteiger partial charge in [0, 0.05) is 30.0 Å². The van der Waals surface area contributed by atoms with Crippen molar-refractivity contribution in [1.82, 2.24) is 0 Å². The molecule has 110 valence electrons. The molecule has 5 heteroatoms. The monoisotopic (exact) mass is 287 g/mol. The number of phenols is 1. The molecule has 0 heterocycles. The lowest BCUT2D eigenvalue weighted by Gasteiger charge is -2.06. The molecule has 5 nitrogen and oxygen atoms in total. The third-order valence-corrected chi connectivity index (χ3v) is 2.92. The van der Waals surface area contributed by atoms with Gasteiger partial charge in [-0.05, 0) is 18.2 Å². The molecular formula is C16H17NO4. The Hall–Kier alpha value is -2.69. The maximum atomic E-state index is 9.81. The number of aromatic hydroxyl groups is 1. The zero-order valence-corrected chi connectivity index (χ0v) is 12.2. The van der Waals surface area contributed by atoms with E-state index in [9.17, 15) is 5.11 Å². The number of methoxy groups -OCH3 is 3. The lowest BCUT2D eigenvalue weighted by atomic mass is 10.2. The van der Waals surface area contributed by atoms with Crippen LogP contribution in [-0.4, -0.2) is 32.7 Å². The van der Waals surface area contributed by atoms with E-state index in [4.69, 9.17) is 14.2 Å². The van der Waals surface area contributed by atoms with E-state index in [0.29, 0.717) is 28.5 Å². The Balaban J connectivity index is 2.32. The number of aliphatic imine (C=N–C) groups is 1. The molecule has 0 radical (unpaired) electrons. The molecule has 21 heavy (non-hydrogen) atoms. The predicted molar refractivity (Wildman–Crippen MR) is 81.5 cm³/mol. The zero-order chi connectivity index (χ0) is 15.2. The van der Waals surface area contributed by atoms with Gasteiger partial charge < -0.3 is 19.3 Å². The molecular weight excluding hydrogens is 270 g/mol. The molecule has 1 N–H and O–H groups in total. The standard InChI is InChI=1S/C16H17NO4/c1-19-13-4-5-16(18)11(6-13)10-17-12-7-14(20-2)9-15(8-12)21-3/h4-10,18H,1-3H3. The van der Waals surface area contributed by atoms with Crippen LogP contribution in [0.5, 0.6) is 23.0 Å². The number of hydrogen-bond donors (Lipinski definition) is 1. The van der Waals surface area contributed by atoms with E-state index < -0.39 is 0 Å². The van der Waals surface area contributed by atoms with Crippen molar-refractivity contribution in [3.63, 3.8) is 0 Å². The average Bonchev–Trinajstić information content (AvgIpc) is 2.53. The second-order valence-corrected chi connectivity index (χ2v) is 4.25. The number of rotatable bonds is 5. The molecule has 2 aromatic carbocycles. The van der Waals surface area contributed by atoms with Gasteiger partial charge >= 0.3 is 0 Å². The Morgan fingerprint density at radius 3 is 2.05 bits per heavy atom. The average molecular weight is 287 g/mol. The second kappa shape index (κ2) is 6.65. The number of nitrogens with zero attached hydrogens (tertiary/aromatic N) is 1. The number of ether oxygens (including phenoxy) is 3. The lowest BCUT2D eigenvalue weighted by molar-refractivity contribution is 0.394. The summed E-state index contributed by atoms with van der Waals surface area (Å²) in [5.74, 6) is 2.08. The first kappa shape index (κ1) is 14.7. The van der Waals surface area contributed by atoms with Gasteiger partial charge in [-0.1, -0.05) is 0 Å². The fraction of sp³-hybridized carbons (Fsp3) is 0.188. The zero-order valence-electron chi connectivity index (χ0n) is 12.2. The predicted octanol–water partition coefficient (Wildman–Crippen LogP) is 3.17. The Bertz CT molecular complexity index is 630. The van der Waals surface area contributed by atoms with E-state index in [1.54, 1.807) is 63.9 Å². The Labute approximate surface area is 123 Å². The molecule has 0 amide bonds. The summed E-state index contributed by atoms with van der Waals surface area (Å²) in [7, 11) is 4.73. The third kappa shape index (κ3) is 3.66. The van der Waals surface area contributed by atoms with Crippen LogP contribution in [0.2, 0.25) is 0 Å². The minimum absolute atomic E-state index is 0.134. The highest BCUT2D eigenvalue weighted by Gasteiger charge is 2.03. The van der Waals surface area contributed by atoms with Crippen LogP contribution >= 0.6 is 0 Å². The Morgan fingerprint density at radius 1 is 0.857 bits per heavy atom. The van der Waals surface area contributed by atoms with Crippen LogP contribution in [0.3, 0.4) is 0 Å². The highest BCUT2D eigenvalue weighted by Crippen LogP contribution is 2.28. The SMILES string of the molecule is COc1cc(N=Cc2cc(OC)ccc2O)cc(OC)c1. The van der Waals surface area contributed by atoms with Crippen LogP contribution < -0.4 is 14.2 Å². The van der Waals surface area contributed by atoms with Gasteiger partial charge in [0.15, 0.2) is 0 Å². The van der Waals surface area contributed by atoms with Crippen LogP contribution in [0, 0.1) is 0 Å². The van der Waals surface area contributed by atoms with E-state index in [1.165, 1.54) is 0 Å². The number of phenolic OH excluding ortho intramolecular Hbond substituents is 1. The van der Waals surface area contributed by atoms with Crippen LogP contribution in [0.4, 0.5) is 5.69 Å².